The molecular weight excluding hydrogens is 216 g/mol. The third kappa shape index (κ3) is 8.03. The summed E-state index contributed by atoms with van der Waals surface area (Å²) in [6, 6.07) is 3.01. The van der Waals surface area contributed by atoms with Crippen molar-refractivity contribution in [2.24, 2.45) is 0 Å². The molecule has 1 heterocycles. The van der Waals surface area contributed by atoms with Crippen LogP contribution in [0.3, 0.4) is 0 Å². The summed E-state index contributed by atoms with van der Waals surface area (Å²) in [7, 11) is 1.71. The average Bonchev–Trinajstić information content (AvgIpc) is 2.19. The van der Waals surface area contributed by atoms with E-state index in [0.717, 1.165) is 0 Å². The largest absolute Gasteiger partial charge is 0.379 e. The highest BCUT2D eigenvalue weighted by Crippen LogP contribution is 2.02. The zero-order chi connectivity index (χ0) is 11.9. The molecule has 15 heavy (non-hydrogen) atoms. The number of aldehydes is 1. The van der Waals surface area contributed by atoms with Crippen molar-refractivity contribution in [1.29, 1.82) is 0 Å². The Labute approximate surface area is 94.6 Å². The Morgan fingerprint density at radius 1 is 1.33 bits per heavy atom. The molecule has 4 nitrogen and oxygen atoms in total. The lowest BCUT2D eigenvalue weighted by atomic mass is 10.2. The second-order valence-electron chi connectivity index (χ2n) is 3.72. The highest BCUT2D eigenvalue weighted by molar-refractivity contribution is 6.29. The van der Waals surface area contributed by atoms with Gasteiger partial charge in [-0.05, 0) is 32.9 Å². The van der Waals surface area contributed by atoms with Gasteiger partial charge >= 0.3 is 0 Å². The van der Waals surface area contributed by atoms with Gasteiger partial charge < -0.3 is 4.74 Å². The van der Waals surface area contributed by atoms with Crippen molar-refractivity contribution in [3.8, 4) is 0 Å². The van der Waals surface area contributed by atoms with Crippen molar-refractivity contribution in [3.05, 3.63) is 23.0 Å². The van der Waals surface area contributed by atoms with Crippen LogP contribution in [0.25, 0.3) is 0 Å². The van der Waals surface area contributed by atoms with E-state index in [4.69, 9.17) is 16.3 Å². The fourth-order valence-electron chi connectivity index (χ4n) is 0.389. The number of aromatic nitrogens is 2. The first-order chi connectivity index (χ1) is 6.89. The molecule has 1 aromatic rings. The van der Waals surface area contributed by atoms with Crippen molar-refractivity contribution in [1.82, 2.24) is 10.2 Å². The summed E-state index contributed by atoms with van der Waals surface area (Å²) in [5.74, 6) is 0. The Kier molecular flexibility index (Phi) is 6.05. The van der Waals surface area contributed by atoms with Gasteiger partial charge in [-0.2, -0.15) is 0 Å². The van der Waals surface area contributed by atoms with Gasteiger partial charge in [-0.3, -0.25) is 4.79 Å². The van der Waals surface area contributed by atoms with E-state index >= 15 is 0 Å². The molecule has 0 bridgehead atoms. The zero-order valence-electron chi connectivity index (χ0n) is 9.32. The zero-order valence-corrected chi connectivity index (χ0v) is 10.1. The molecule has 84 valence electrons. The molecule has 0 aliphatic rings. The minimum absolute atomic E-state index is 0.0417. The van der Waals surface area contributed by atoms with Crippen LogP contribution in [0, 0.1) is 0 Å². The topological polar surface area (TPSA) is 52.1 Å². The SMILES string of the molecule is COC(C)(C)C.O=Cc1ccc(Cl)nn1. The smallest absolute Gasteiger partial charge is 0.170 e. The molecule has 0 aliphatic carbocycles. The van der Waals surface area contributed by atoms with E-state index in [-0.39, 0.29) is 5.60 Å². The first kappa shape index (κ1) is 14.0. The van der Waals surface area contributed by atoms with Gasteiger partial charge in [-0.1, -0.05) is 11.6 Å². The maximum atomic E-state index is 9.97. The number of ether oxygens (including phenoxy) is 1. The highest BCUT2D eigenvalue weighted by Gasteiger charge is 2.04. The number of carbonyl (C=O) groups excluding carboxylic acids is 1. The lowest BCUT2D eigenvalue weighted by Gasteiger charge is -2.14. The highest BCUT2D eigenvalue weighted by atomic mass is 35.5. The second kappa shape index (κ2) is 6.48. The predicted molar refractivity (Wildman–Crippen MR) is 59.2 cm³/mol. The number of hydrogen-bond acceptors (Lipinski definition) is 4. The van der Waals surface area contributed by atoms with Crippen LogP contribution in [0.15, 0.2) is 12.1 Å². The van der Waals surface area contributed by atoms with Gasteiger partial charge in [-0.25, -0.2) is 0 Å². The van der Waals surface area contributed by atoms with Gasteiger partial charge in [-0.15, -0.1) is 10.2 Å². The van der Waals surface area contributed by atoms with Crippen molar-refractivity contribution < 1.29 is 9.53 Å². The van der Waals surface area contributed by atoms with Crippen LogP contribution in [0.4, 0.5) is 0 Å². The summed E-state index contributed by atoms with van der Waals surface area (Å²) < 4.78 is 4.94. The van der Waals surface area contributed by atoms with Crippen LogP contribution < -0.4 is 0 Å². The van der Waals surface area contributed by atoms with Crippen LogP contribution >= 0.6 is 11.6 Å². The predicted octanol–water partition coefficient (Wildman–Crippen LogP) is 2.37. The number of halogens is 1. The lowest BCUT2D eigenvalue weighted by Crippen LogP contribution is -2.15. The van der Waals surface area contributed by atoms with Crippen LogP contribution in [-0.2, 0) is 4.74 Å². The van der Waals surface area contributed by atoms with Gasteiger partial charge in [0, 0.05) is 7.11 Å². The maximum absolute atomic E-state index is 9.97. The van der Waals surface area contributed by atoms with E-state index in [2.05, 4.69) is 10.2 Å². The van der Waals surface area contributed by atoms with Crippen molar-refractivity contribution in [2.45, 2.75) is 26.4 Å². The molecule has 1 rings (SSSR count). The Morgan fingerprint density at radius 3 is 2.13 bits per heavy atom. The van der Waals surface area contributed by atoms with Crippen LogP contribution in [0.5, 0.6) is 0 Å². The third-order valence-electron chi connectivity index (χ3n) is 1.39. The van der Waals surface area contributed by atoms with Gasteiger partial charge in [0.25, 0.3) is 0 Å². The molecule has 1 aromatic heterocycles. The van der Waals surface area contributed by atoms with Crippen LogP contribution in [-0.4, -0.2) is 29.2 Å². The molecule has 0 unspecified atom stereocenters. The molecule has 5 heteroatoms. The summed E-state index contributed by atoms with van der Waals surface area (Å²) in [6.07, 6.45) is 0.614. The number of nitrogens with zero attached hydrogens (tertiary/aromatic N) is 2. The number of methoxy groups -OCH3 is 1. The Hall–Kier alpha value is -1.00. The lowest BCUT2D eigenvalue weighted by molar-refractivity contribution is 0.0397. The molecule has 0 saturated heterocycles. The molecule has 0 aliphatic heterocycles. The average molecular weight is 231 g/mol. The monoisotopic (exact) mass is 230 g/mol. The molecule has 0 atom stereocenters. The summed E-state index contributed by atoms with van der Waals surface area (Å²) >= 11 is 5.38. The molecule has 0 saturated carbocycles. The first-order valence-electron chi connectivity index (χ1n) is 4.38. The minimum Gasteiger partial charge on any atom is -0.379 e. The maximum Gasteiger partial charge on any atom is 0.170 e. The van der Waals surface area contributed by atoms with Gasteiger partial charge in [0.15, 0.2) is 11.4 Å². The Balaban J connectivity index is 0.000000288. The molecule has 0 spiro atoms. The van der Waals surface area contributed by atoms with Crippen LogP contribution in [0.1, 0.15) is 31.3 Å². The summed E-state index contributed by atoms with van der Waals surface area (Å²) in [4.78, 5) is 9.97. The minimum atomic E-state index is 0.0417. The fraction of sp³-hybridized carbons (Fsp3) is 0.500. The normalized spacial score (nSPS) is 10.2. The Bertz CT molecular complexity index is 293. The van der Waals surface area contributed by atoms with E-state index in [9.17, 15) is 4.79 Å². The van der Waals surface area contributed by atoms with Crippen molar-refractivity contribution >= 4 is 17.9 Å². The fourth-order valence-corrected chi connectivity index (χ4v) is 0.490. The molecule has 0 amide bonds. The summed E-state index contributed by atoms with van der Waals surface area (Å²) in [5.41, 5.74) is 0.333. The van der Waals surface area contributed by atoms with E-state index in [0.29, 0.717) is 17.1 Å². The van der Waals surface area contributed by atoms with Gasteiger partial charge in [0.1, 0.15) is 5.69 Å². The van der Waals surface area contributed by atoms with E-state index in [1.165, 1.54) is 12.1 Å². The van der Waals surface area contributed by atoms with E-state index in [1.807, 2.05) is 20.8 Å². The van der Waals surface area contributed by atoms with Crippen LogP contribution in [0.2, 0.25) is 5.15 Å². The summed E-state index contributed by atoms with van der Waals surface area (Å²) in [6.45, 7) is 6.06. The molecule has 0 N–H and O–H groups in total. The molecule has 0 aromatic carbocycles. The Morgan fingerprint density at radius 2 is 1.87 bits per heavy atom. The van der Waals surface area contributed by atoms with Crippen molar-refractivity contribution in [2.75, 3.05) is 7.11 Å². The molecular formula is C10H15ClN2O2. The molecule has 0 radical (unpaired) electrons. The van der Waals surface area contributed by atoms with Crippen molar-refractivity contribution in [3.63, 3.8) is 0 Å². The molecule has 0 fully saturated rings. The first-order valence-corrected chi connectivity index (χ1v) is 4.76. The second-order valence-corrected chi connectivity index (χ2v) is 4.10. The number of carbonyl (C=O) groups is 1. The summed E-state index contributed by atoms with van der Waals surface area (Å²) in [5, 5.41) is 7.17. The van der Waals surface area contributed by atoms with Gasteiger partial charge in [0.05, 0.1) is 5.60 Å². The third-order valence-corrected chi connectivity index (χ3v) is 1.59. The standard InChI is InChI=1S/C5H3ClN2O.C5H12O/c6-5-2-1-4(3-9)7-8-5;1-5(2,3)6-4/h1-3H;1-4H3. The van der Waals surface area contributed by atoms with E-state index < -0.39 is 0 Å². The number of rotatable bonds is 1. The number of hydrogen-bond donors (Lipinski definition) is 0. The van der Waals surface area contributed by atoms with Gasteiger partial charge in [0.2, 0.25) is 0 Å². The quantitative estimate of drug-likeness (QED) is 0.695. The van der Waals surface area contributed by atoms with E-state index in [1.54, 1.807) is 7.11 Å².